The number of H-pyrrole nitrogens is 1. The predicted molar refractivity (Wildman–Crippen MR) is 94.6 cm³/mol. The van der Waals surface area contributed by atoms with Gasteiger partial charge in [-0.3, -0.25) is 5.10 Å². The number of aromatic nitrogens is 2. The molecule has 0 atom stereocenters. The molecule has 0 saturated heterocycles. The maximum atomic E-state index is 12.8. The molecule has 0 saturated carbocycles. The zero-order valence-electron chi connectivity index (χ0n) is 14.0. The van der Waals surface area contributed by atoms with Gasteiger partial charge in [-0.15, -0.1) is 0 Å². The highest BCUT2D eigenvalue weighted by Crippen LogP contribution is 2.31. The number of carbonyl (C=O) groups is 1. The number of rotatable bonds is 3. The van der Waals surface area contributed by atoms with Crippen molar-refractivity contribution in [3.05, 3.63) is 66.2 Å². The molecule has 4 nitrogen and oxygen atoms in total. The zero-order valence-corrected chi connectivity index (χ0v) is 14.0. The van der Waals surface area contributed by atoms with Crippen LogP contribution >= 0.6 is 0 Å². The second kappa shape index (κ2) is 6.32. The Kier molecular flexibility index (Phi) is 4.21. The predicted octanol–water partition coefficient (Wildman–Crippen LogP) is 4.70. The summed E-state index contributed by atoms with van der Waals surface area (Å²) in [6, 6.07) is 19.3. The first kappa shape index (κ1) is 16.0. The van der Waals surface area contributed by atoms with Gasteiger partial charge in [0.05, 0.1) is 5.69 Å². The fourth-order valence-corrected chi connectivity index (χ4v) is 2.49. The molecule has 0 bridgehead atoms. The maximum absolute atomic E-state index is 12.8. The molecule has 0 aliphatic heterocycles. The van der Waals surface area contributed by atoms with Gasteiger partial charge in [-0.05, 0) is 20.8 Å². The number of benzene rings is 2. The lowest BCUT2D eigenvalue weighted by molar-refractivity contribution is 0.00714. The Balaban J connectivity index is 2.14. The number of hydrogen-bond donors (Lipinski definition) is 1. The fourth-order valence-electron chi connectivity index (χ4n) is 2.49. The van der Waals surface area contributed by atoms with E-state index in [0.717, 1.165) is 11.1 Å². The van der Waals surface area contributed by atoms with Gasteiger partial charge in [-0.25, -0.2) is 4.79 Å². The number of carbonyl (C=O) groups excluding carboxylic acids is 1. The molecule has 0 unspecified atom stereocenters. The second-order valence-corrected chi connectivity index (χ2v) is 6.56. The summed E-state index contributed by atoms with van der Waals surface area (Å²) < 4.78 is 5.61. The summed E-state index contributed by atoms with van der Waals surface area (Å²) >= 11 is 0. The molecular weight excluding hydrogens is 300 g/mol. The lowest BCUT2D eigenvalue weighted by atomic mass is 10.0. The van der Waals surface area contributed by atoms with Crippen molar-refractivity contribution in [2.75, 3.05) is 0 Å². The Morgan fingerprint density at radius 1 is 0.917 bits per heavy atom. The molecule has 24 heavy (non-hydrogen) atoms. The van der Waals surface area contributed by atoms with Gasteiger partial charge in [0.2, 0.25) is 0 Å². The summed E-state index contributed by atoms with van der Waals surface area (Å²) in [5.41, 5.74) is 2.93. The van der Waals surface area contributed by atoms with E-state index < -0.39 is 5.60 Å². The molecule has 4 heteroatoms. The van der Waals surface area contributed by atoms with Crippen LogP contribution in [0.25, 0.3) is 22.5 Å². The fraction of sp³-hybridized carbons (Fsp3) is 0.200. The van der Waals surface area contributed by atoms with Crippen molar-refractivity contribution in [3.63, 3.8) is 0 Å². The van der Waals surface area contributed by atoms with E-state index in [-0.39, 0.29) is 5.97 Å². The van der Waals surface area contributed by atoms with E-state index in [0.29, 0.717) is 17.0 Å². The van der Waals surface area contributed by atoms with E-state index >= 15 is 0 Å². The summed E-state index contributed by atoms with van der Waals surface area (Å²) in [6.07, 6.45) is 0. The van der Waals surface area contributed by atoms with Crippen LogP contribution in [0.2, 0.25) is 0 Å². The van der Waals surface area contributed by atoms with Crippen molar-refractivity contribution < 1.29 is 9.53 Å². The lowest BCUT2D eigenvalue weighted by Gasteiger charge is -2.20. The van der Waals surface area contributed by atoms with E-state index in [1.165, 1.54) is 0 Å². The Bertz CT molecular complexity index is 774. The van der Waals surface area contributed by atoms with Gasteiger partial charge in [-0.2, -0.15) is 5.10 Å². The average Bonchev–Trinajstić information content (AvgIpc) is 3.00. The normalized spacial score (nSPS) is 11.3. The molecule has 3 aromatic rings. The summed E-state index contributed by atoms with van der Waals surface area (Å²) in [7, 11) is 0. The van der Waals surface area contributed by atoms with Crippen LogP contribution in [0.5, 0.6) is 0 Å². The highest BCUT2D eigenvalue weighted by molar-refractivity contribution is 6.02. The number of hydrogen-bond acceptors (Lipinski definition) is 3. The largest absolute Gasteiger partial charge is 0.456 e. The Hall–Kier alpha value is -2.88. The van der Waals surface area contributed by atoms with Crippen LogP contribution in [-0.2, 0) is 4.74 Å². The van der Waals surface area contributed by atoms with Gasteiger partial charge in [-0.1, -0.05) is 60.7 Å². The third-order valence-corrected chi connectivity index (χ3v) is 3.48. The molecule has 0 amide bonds. The molecule has 1 N–H and O–H groups in total. The molecule has 0 aliphatic rings. The monoisotopic (exact) mass is 320 g/mol. The van der Waals surface area contributed by atoms with Gasteiger partial charge in [0.25, 0.3) is 0 Å². The quantitative estimate of drug-likeness (QED) is 0.712. The summed E-state index contributed by atoms with van der Waals surface area (Å²) in [5, 5.41) is 7.39. The Morgan fingerprint density at radius 3 is 2.00 bits per heavy atom. The van der Waals surface area contributed by atoms with Crippen molar-refractivity contribution in [2.24, 2.45) is 0 Å². The third-order valence-electron chi connectivity index (χ3n) is 3.48. The Labute approximate surface area is 141 Å². The smallest absolute Gasteiger partial charge is 0.343 e. The van der Waals surface area contributed by atoms with E-state index in [1.807, 2.05) is 81.4 Å². The zero-order chi connectivity index (χ0) is 17.2. The minimum atomic E-state index is -0.573. The van der Waals surface area contributed by atoms with Crippen LogP contribution in [0, 0.1) is 0 Å². The Morgan fingerprint density at radius 2 is 1.46 bits per heavy atom. The molecule has 0 spiro atoms. The average molecular weight is 320 g/mol. The third kappa shape index (κ3) is 3.38. The minimum absolute atomic E-state index is 0.381. The lowest BCUT2D eigenvalue weighted by Crippen LogP contribution is -2.24. The molecule has 3 rings (SSSR count). The highest BCUT2D eigenvalue weighted by atomic mass is 16.6. The first-order valence-electron chi connectivity index (χ1n) is 7.88. The summed E-state index contributed by atoms with van der Waals surface area (Å²) in [6.45, 7) is 5.57. The van der Waals surface area contributed by atoms with Crippen LogP contribution in [0.4, 0.5) is 0 Å². The van der Waals surface area contributed by atoms with Crippen LogP contribution < -0.4 is 0 Å². The topological polar surface area (TPSA) is 55.0 Å². The van der Waals surface area contributed by atoms with E-state index in [4.69, 9.17) is 4.74 Å². The molecular formula is C20H20N2O2. The van der Waals surface area contributed by atoms with Crippen LogP contribution in [0.1, 0.15) is 31.1 Å². The standard InChI is InChI=1S/C20H20N2O2/c1-20(2,3)24-19(23)16-17(14-10-6-4-7-11-14)21-22-18(16)15-12-8-5-9-13-15/h4-13H,1-3H3,(H,21,22). The molecule has 2 aromatic carbocycles. The molecule has 0 aliphatic carbocycles. The van der Waals surface area contributed by atoms with Crippen molar-refractivity contribution in [1.29, 1.82) is 0 Å². The summed E-state index contributed by atoms with van der Waals surface area (Å²) in [5.74, 6) is -0.381. The number of ether oxygens (including phenoxy) is 1. The first-order valence-corrected chi connectivity index (χ1v) is 7.88. The van der Waals surface area contributed by atoms with Gasteiger partial charge in [0, 0.05) is 11.1 Å². The van der Waals surface area contributed by atoms with Gasteiger partial charge < -0.3 is 4.74 Å². The number of esters is 1. The van der Waals surface area contributed by atoms with Crippen LogP contribution in [0.3, 0.4) is 0 Å². The molecule has 1 aromatic heterocycles. The number of aromatic amines is 1. The van der Waals surface area contributed by atoms with Crippen molar-refractivity contribution in [3.8, 4) is 22.5 Å². The van der Waals surface area contributed by atoms with Gasteiger partial charge in [0.1, 0.15) is 16.9 Å². The number of nitrogens with zero attached hydrogens (tertiary/aromatic N) is 1. The molecule has 0 fully saturated rings. The maximum Gasteiger partial charge on any atom is 0.343 e. The van der Waals surface area contributed by atoms with Crippen LogP contribution in [0.15, 0.2) is 60.7 Å². The van der Waals surface area contributed by atoms with Crippen molar-refractivity contribution in [2.45, 2.75) is 26.4 Å². The van der Waals surface area contributed by atoms with Crippen molar-refractivity contribution in [1.82, 2.24) is 10.2 Å². The molecule has 1 heterocycles. The van der Waals surface area contributed by atoms with E-state index in [1.54, 1.807) is 0 Å². The van der Waals surface area contributed by atoms with Crippen molar-refractivity contribution >= 4 is 5.97 Å². The minimum Gasteiger partial charge on any atom is -0.456 e. The molecule has 122 valence electrons. The van der Waals surface area contributed by atoms with E-state index in [9.17, 15) is 4.79 Å². The van der Waals surface area contributed by atoms with Crippen LogP contribution in [-0.4, -0.2) is 21.8 Å². The van der Waals surface area contributed by atoms with Gasteiger partial charge in [0.15, 0.2) is 0 Å². The second-order valence-electron chi connectivity index (χ2n) is 6.56. The molecule has 0 radical (unpaired) electrons. The highest BCUT2D eigenvalue weighted by Gasteiger charge is 2.27. The van der Waals surface area contributed by atoms with Gasteiger partial charge >= 0.3 is 5.97 Å². The number of nitrogens with one attached hydrogen (secondary N) is 1. The van der Waals surface area contributed by atoms with E-state index in [2.05, 4.69) is 10.2 Å². The SMILES string of the molecule is CC(C)(C)OC(=O)c1c(-c2ccccc2)n[nH]c1-c1ccccc1. The first-order chi connectivity index (χ1) is 11.5. The summed E-state index contributed by atoms with van der Waals surface area (Å²) in [4.78, 5) is 12.8.